The van der Waals surface area contributed by atoms with E-state index in [0.29, 0.717) is 0 Å². The minimum atomic E-state index is -0.0654. The first-order valence-electron chi connectivity index (χ1n) is 6.17. The van der Waals surface area contributed by atoms with Gasteiger partial charge in [-0.1, -0.05) is 32.0 Å². The van der Waals surface area contributed by atoms with E-state index < -0.39 is 0 Å². The lowest BCUT2D eigenvalue weighted by Crippen LogP contribution is -2.43. The summed E-state index contributed by atoms with van der Waals surface area (Å²) < 4.78 is 1.96. The van der Waals surface area contributed by atoms with Gasteiger partial charge in [-0.05, 0) is 18.9 Å². The SMILES string of the molecule is Cn1nc(C(C)(C)C2(N)CC2)c2ccccc21. The topological polar surface area (TPSA) is 43.8 Å². The highest BCUT2D eigenvalue weighted by molar-refractivity contribution is 5.83. The van der Waals surface area contributed by atoms with Crippen LogP contribution in [-0.4, -0.2) is 15.3 Å². The Morgan fingerprint density at radius 2 is 1.94 bits per heavy atom. The molecule has 1 aliphatic rings. The summed E-state index contributed by atoms with van der Waals surface area (Å²) in [6, 6.07) is 8.37. The summed E-state index contributed by atoms with van der Waals surface area (Å²) in [6.45, 7) is 4.43. The number of fused-ring (bicyclic) bond motifs is 1. The Bertz CT molecular complexity index is 576. The van der Waals surface area contributed by atoms with Crippen LogP contribution in [0, 0.1) is 0 Å². The first kappa shape index (κ1) is 10.8. The maximum absolute atomic E-state index is 6.41. The monoisotopic (exact) mass is 229 g/mol. The van der Waals surface area contributed by atoms with Crippen LogP contribution in [-0.2, 0) is 12.5 Å². The van der Waals surface area contributed by atoms with E-state index in [1.54, 1.807) is 0 Å². The van der Waals surface area contributed by atoms with Gasteiger partial charge in [-0.3, -0.25) is 4.68 Å². The van der Waals surface area contributed by atoms with Crippen molar-refractivity contribution in [2.75, 3.05) is 0 Å². The van der Waals surface area contributed by atoms with Gasteiger partial charge in [0.1, 0.15) is 0 Å². The summed E-state index contributed by atoms with van der Waals surface area (Å²) in [5.74, 6) is 0. The smallest absolute Gasteiger partial charge is 0.0777 e. The number of aromatic nitrogens is 2. The summed E-state index contributed by atoms with van der Waals surface area (Å²) in [5.41, 5.74) is 8.60. The first-order chi connectivity index (χ1) is 7.96. The second kappa shape index (κ2) is 3.10. The average molecular weight is 229 g/mol. The highest BCUT2D eigenvalue weighted by Gasteiger charge is 2.53. The summed E-state index contributed by atoms with van der Waals surface area (Å²) in [6.07, 6.45) is 2.20. The summed E-state index contributed by atoms with van der Waals surface area (Å²) >= 11 is 0. The molecule has 1 aromatic heterocycles. The minimum Gasteiger partial charge on any atom is -0.324 e. The molecule has 3 nitrogen and oxygen atoms in total. The fraction of sp³-hybridized carbons (Fsp3) is 0.500. The lowest BCUT2D eigenvalue weighted by atomic mass is 9.78. The van der Waals surface area contributed by atoms with Crippen molar-refractivity contribution in [2.45, 2.75) is 37.6 Å². The molecule has 0 unspecified atom stereocenters. The van der Waals surface area contributed by atoms with Crippen LogP contribution in [0.4, 0.5) is 0 Å². The maximum Gasteiger partial charge on any atom is 0.0777 e. The molecule has 1 aliphatic carbocycles. The van der Waals surface area contributed by atoms with E-state index in [2.05, 4.69) is 38.1 Å². The van der Waals surface area contributed by atoms with Crippen molar-refractivity contribution < 1.29 is 0 Å². The van der Waals surface area contributed by atoms with Gasteiger partial charge in [0.15, 0.2) is 0 Å². The Morgan fingerprint density at radius 3 is 2.59 bits per heavy atom. The largest absolute Gasteiger partial charge is 0.324 e. The van der Waals surface area contributed by atoms with Gasteiger partial charge < -0.3 is 5.73 Å². The molecule has 0 bridgehead atoms. The molecule has 1 aromatic carbocycles. The van der Waals surface area contributed by atoms with Gasteiger partial charge in [-0.25, -0.2) is 0 Å². The Hall–Kier alpha value is -1.35. The van der Waals surface area contributed by atoms with Gasteiger partial charge in [0.25, 0.3) is 0 Å². The summed E-state index contributed by atoms with van der Waals surface area (Å²) in [4.78, 5) is 0. The van der Waals surface area contributed by atoms with Crippen LogP contribution in [0.1, 0.15) is 32.4 Å². The number of rotatable bonds is 2. The standard InChI is InChI=1S/C14H19N3/c1-13(2,14(15)8-9-14)12-10-6-4-5-7-11(10)17(3)16-12/h4-7H,8-9,15H2,1-3H3. The Morgan fingerprint density at radius 1 is 1.29 bits per heavy atom. The second-order valence-corrected chi connectivity index (χ2v) is 5.77. The zero-order chi connectivity index (χ0) is 12.3. The zero-order valence-corrected chi connectivity index (χ0v) is 10.7. The van der Waals surface area contributed by atoms with E-state index in [-0.39, 0.29) is 11.0 Å². The van der Waals surface area contributed by atoms with Gasteiger partial charge in [-0.2, -0.15) is 5.10 Å². The first-order valence-corrected chi connectivity index (χ1v) is 6.17. The molecule has 0 atom stereocenters. The van der Waals surface area contributed by atoms with E-state index in [1.807, 2.05) is 11.7 Å². The van der Waals surface area contributed by atoms with Crippen LogP contribution >= 0.6 is 0 Å². The Balaban J connectivity index is 2.24. The van der Waals surface area contributed by atoms with Gasteiger partial charge in [0.2, 0.25) is 0 Å². The molecule has 0 spiro atoms. The van der Waals surface area contributed by atoms with Crippen LogP contribution in [0.2, 0.25) is 0 Å². The Kier molecular flexibility index (Phi) is 1.97. The van der Waals surface area contributed by atoms with E-state index in [0.717, 1.165) is 18.5 Å². The van der Waals surface area contributed by atoms with Crippen molar-refractivity contribution in [3.63, 3.8) is 0 Å². The molecule has 1 fully saturated rings. The normalized spacial score (nSPS) is 18.6. The van der Waals surface area contributed by atoms with Crippen LogP contribution < -0.4 is 5.73 Å². The number of nitrogens with zero attached hydrogens (tertiary/aromatic N) is 2. The second-order valence-electron chi connectivity index (χ2n) is 5.77. The highest BCUT2D eigenvalue weighted by atomic mass is 15.3. The molecule has 0 radical (unpaired) electrons. The number of hydrogen-bond donors (Lipinski definition) is 1. The van der Waals surface area contributed by atoms with Gasteiger partial charge in [0, 0.05) is 23.4 Å². The molecule has 90 valence electrons. The molecular weight excluding hydrogens is 210 g/mol. The molecule has 17 heavy (non-hydrogen) atoms. The van der Waals surface area contributed by atoms with Crippen molar-refractivity contribution in [1.82, 2.24) is 9.78 Å². The number of aryl methyl sites for hydroxylation is 1. The Labute approximate surface area is 102 Å². The molecule has 0 amide bonds. The molecule has 2 aromatic rings. The third-order valence-electron chi connectivity index (χ3n) is 4.38. The number of nitrogens with two attached hydrogens (primary N) is 1. The number of benzene rings is 1. The lowest BCUT2D eigenvalue weighted by molar-refractivity contribution is 0.380. The third kappa shape index (κ3) is 1.35. The van der Waals surface area contributed by atoms with E-state index in [1.165, 1.54) is 10.9 Å². The van der Waals surface area contributed by atoms with Crippen molar-refractivity contribution in [1.29, 1.82) is 0 Å². The van der Waals surface area contributed by atoms with Crippen LogP contribution in [0.5, 0.6) is 0 Å². The average Bonchev–Trinajstić information content (AvgIpc) is 2.97. The molecule has 1 heterocycles. The van der Waals surface area contributed by atoms with E-state index in [9.17, 15) is 0 Å². The molecule has 3 heteroatoms. The van der Waals surface area contributed by atoms with Crippen molar-refractivity contribution in [2.24, 2.45) is 12.8 Å². The zero-order valence-electron chi connectivity index (χ0n) is 10.7. The molecule has 2 N–H and O–H groups in total. The molecule has 0 saturated heterocycles. The van der Waals surface area contributed by atoms with E-state index in [4.69, 9.17) is 10.8 Å². The predicted octanol–water partition coefficient (Wildman–Crippen LogP) is 2.34. The highest BCUT2D eigenvalue weighted by Crippen LogP contribution is 2.49. The van der Waals surface area contributed by atoms with Crippen LogP contribution in [0.15, 0.2) is 24.3 Å². The fourth-order valence-electron chi connectivity index (χ4n) is 2.67. The maximum atomic E-state index is 6.41. The van der Waals surface area contributed by atoms with Crippen LogP contribution in [0.3, 0.4) is 0 Å². The number of para-hydroxylation sites is 1. The third-order valence-corrected chi connectivity index (χ3v) is 4.38. The van der Waals surface area contributed by atoms with Gasteiger partial charge >= 0.3 is 0 Å². The van der Waals surface area contributed by atoms with Gasteiger partial charge in [0.05, 0.1) is 11.2 Å². The number of hydrogen-bond acceptors (Lipinski definition) is 2. The minimum absolute atomic E-state index is 0.0616. The van der Waals surface area contributed by atoms with Gasteiger partial charge in [-0.15, -0.1) is 0 Å². The lowest BCUT2D eigenvalue weighted by Gasteiger charge is -2.30. The van der Waals surface area contributed by atoms with Crippen molar-refractivity contribution >= 4 is 10.9 Å². The molecule has 0 aliphatic heterocycles. The summed E-state index contributed by atoms with van der Waals surface area (Å²) in [7, 11) is 2.00. The van der Waals surface area contributed by atoms with Crippen molar-refractivity contribution in [3.05, 3.63) is 30.0 Å². The fourth-order valence-corrected chi connectivity index (χ4v) is 2.67. The van der Waals surface area contributed by atoms with Crippen molar-refractivity contribution in [3.8, 4) is 0 Å². The predicted molar refractivity (Wildman–Crippen MR) is 69.9 cm³/mol. The quantitative estimate of drug-likeness (QED) is 0.859. The summed E-state index contributed by atoms with van der Waals surface area (Å²) in [5, 5.41) is 5.94. The van der Waals surface area contributed by atoms with Crippen LogP contribution in [0.25, 0.3) is 10.9 Å². The molecular formula is C14H19N3. The van der Waals surface area contributed by atoms with E-state index >= 15 is 0 Å². The molecule has 3 rings (SSSR count). The molecule has 1 saturated carbocycles.